The van der Waals surface area contributed by atoms with E-state index in [-0.39, 0.29) is 5.41 Å². The van der Waals surface area contributed by atoms with E-state index in [1.54, 1.807) is 31.4 Å². The highest BCUT2D eigenvalue weighted by molar-refractivity contribution is 7.15. The summed E-state index contributed by atoms with van der Waals surface area (Å²) in [7, 11) is 1.55. The first-order chi connectivity index (χ1) is 18.2. The zero-order chi connectivity index (χ0) is 27.0. The number of amides is 1. The Bertz CT molecular complexity index is 1340. The van der Waals surface area contributed by atoms with Crippen LogP contribution in [0.2, 0.25) is 0 Å². The maximum Gasteiger partial charge on any atom is 0.297 e. The van der Waals surface area contributed by atoms with Crippen LogP contribution in [-0.2, 0) is 15.0 Å². The van der Waals surface area contributed by atoms with Crippen LogP contribution in [0, 0.1) is 5.92 Å². The number of carbonyl (C=O) groups excluding carboxylic acids is 3. The molecular weight excluding hydrogens is 498 g/mol. The van der Waals surface area contributed by atoms with Crippen LogP contribution in [0.25, 0.3) is 0 Å². The molecule has 1 saturated heterocycles. The topological polar surface area (TPSA) is 89.5 Å². The molecule has 1 saturated carbocycles. The number of benzene rings is 2. The van der Waals surface area contributed by atoms with E-state index in [0.29, 0.717) is 22.4 Å². The third kappa shape index (κ3) is 4.89. The van der Waals surface area contributed by atoms with Crippen LogP contribution in [0.1, 0.15) is 91.3 Å². The SMILES string of the molecule is COc1ccc(C(=O)C2C(=O)C(=O)N(c3nnc(C4CCCCC4)s3)C2c2ccc(C(C)(C)C)cc2)cc1. The zero-order valence-electron chi connectivity index (χ0n) is 22.3. The van der Waals surface area contributed by atoms with E-state index in [2.05, 4.69) is 31.0 Å². The molecule has 8 heteroatoms. The van der Waals surface area contributed by atoms with Crippen LogP contribution in [0.15, 0.2) is 48.5 Å². The largest absolute Gasteiger partial charge is 0.497 e. The van der Waals surface area contributed by atoms with Crippen LogP contribution >= 0.6 is 11.3 Å². The van der Waals surface area contributed by atoms with Crippen LogP contribution in [-0.4, -0.2) is 34.8 Å². The van der Waals surface area contributed by atoms with Gasteiger partial charge in [0.05, 0.1) is 13.2 Å². The molecule has 0 radical (unpaired) electrons. The second-order valence-electron chi connectivity index (χ2n) is 11.2. The predicted molar refractivity (Wildman–Crippen MR) is 147 cm³/mol. The number of hydrogen-bond acceptors (Lipinski definition) is 7. The number of anilines is 1. The molecule has 0 bridgehead atoms. The van der Waals surface area contributed by atoms with Crippen molar-refractivity contribution in [1.82, 2.24) is 10.2 Å². The summed E-state index contributed by atoms with van der Waals surface area (Å²) in [6.07, 6.45) is 5.64. The third-order valence-corrected chi connectivity index (χ3v) is 8.76. The number of carbonyl (C=O) groups is 3. The van der Waals surface area contributed by atoms with Crippen molar-refractivity contribution in [2.45, 2.75) is 70.3 Å². The Labute approximate surface area is 227 Å². The molecule has 2 unspecified atom stereocenters. The molecular formula is C30H33N3O4S. The molecule has 5 rings (SSSR count). The minimum absolute atomic E-state index is 0.0635. The van der Waals surface area contributed by atoms with Gasteiger partial charge in [-0.25, -0.2) is 0 Å². The second kappa shape index (κ2) is 10.4. The lowest BCUT2D eigenvalue weighted by Gasteiger charge is -2.26. The van der Waals surface area contributed by atoms with E-state index >= 15 is 0 Å². The number of ether oxygens (including phenoxy) is 1. The summed E-state index contributed by atoms with van der Waals surface area (Å²) in [5.41, 5.74) is 2.14. The average molecular weight is 532 g/mol. The van der Waals surface area contributed by atoms with Gasteiger partial charge in [0.1, 0.15) is 16.7 Å². The van der Waals surface area contributed by atoms with E-state index in [1.165, 1.54) is 22.7 Å². The Morgan fingerprint density at radius 2 is 1.61 bits per heavy atom. The van der Waals surface area contributed by atoms with Gasteiger partial charge in [0.25, 0.3) is 5.91 Å². The van der Waals surface area contributed by atoms with Gasteiger partial charge in [-0.2, -0.15) is 0 Å². The molecule has 7 nitrogen and oxygen atoms in total. The molecule has 2 aromatic carbocycles. The molecule has 0 spiro atoms. The summed E-state index contributed by atoms with van der Waals surface area (Å²) in [5.74, 6) is -2.08. The van der Waals surface area contributed by atoms with E-state index < -0.39 is 29.4 Å². The maximum absolute atomic E-state index is 13.8. The number of rotatable bonds is 6. The standard InChI is InChI=1S/C30H33N3O4S/c1-30(2,3)21-14-10-18(11-15-21)24-23(25(34)19-12-16-22(37-4)17-13-19)26(35)28(36)33(24)29-32-31-27(38-29)20-8-6-5-7-9-20/h10-17,20,23-24H,5-9H2,1-4H3. The normalized spacial score (nSPS) is 20.7. The summed E-state index contributed by atoms with van der Waals surface area (Å²) in [4.78, 5) is 42.1. The fraction of sp³-hybridized carbons (Fsp3) is 0.433. The minimum atomic E-state index is -1.18. The lowest BCUT2D eigenvalue weighted by atomic mass is 9.83. The van der Waals surface area contributed by atoms with Crippen LogP contribution in [0.5, 0.6) is 5.75 Å². The highest BCUT2D eigenvalue weighted by Gasteiger charge is 2.53. The summed E-state index contributed by atoms with van der Waals surface area (Å²) < 4.78 is 5.21. The van der Waals surface area contributed by atoms with Crippen molar-refractivity contribution in [2.75, 3.05) is 12.0 Å². The van der Waals surface area contributed by atoms with E-state index in [9.17, 15) is 14.4 Å². The zero-order valence-corrected chi connectivity index (χ0v) is 23.1. The lowest BCUT2D eigenvalue weighted by molar-refractivity contribution is -0.135. The number of ketones is 2. The quantitative estimate of drug-likeness (QED) is 0.219. The molecule has 1 aromatic heterocycles. The van der Waals surface area contributed by atoms with Crippen molar-refractivity contribution in [1.29, 1.82) is 0 Å². The molecule has 2 heterocycles. The summed E-state index contributed by atoms with van der Waals surface area (Å²) in [6.45, 7) is 6.38. The van der Waals surface area contributed by atoms with Crippen molar-refractivity contribution < 1.29 is 19.1 Å². The fourth-order valence-corrected chi connectivity index (χ4v) is 6.48. The molecule has 1 aliphatic heterocycles. The van der Waals surface area contributed by atoms with Gasteiger partial charge in [-0.1, -0.05) is 75.6 Å². The number of Topliss-reactive ketones (excluding diaryl/α,β-unsaturated/α-hetero) is 2. The first-order valence-corrected chi connectivity index (χ1v) is 14.0. The van der Waals surface area contributed by atoms with E-state index in [1.807, 2.05) is 24.3 Å². The molecule has 2 atom stereocenters. The van der Waals surface area contributed by atoms with Crippen molar-refractivity contribution in [3.8, 4) is 5.75 Å². The second-order valence-corrected chi connectivity index (χ2v) is 12.2. The lowest BCUT2D eigenvalue weighted by Crippen LogP contribution is -2.30. The Morgan fingerprint density at radius 3 is 2.21 bits per heavy atom. The summed E-state index contributed by atoms with van der Waals surface area (Å²) >= 11 is 1.37. The molecule has 1 aliphatic carbocycles. The number of methoxy groups -OCH3 is 1. The van der Waals surface area contributed by atoms with Crippen LogP contribution < -0.4 is 9.64 Å². The molecule has 198 valence electrons. The first kappa shape index (κ1) is 26.2. The van der Waals surface area contributed by atoms with Gasteiger partial charge in [0.2, 0.25) is 10.9 Å². The van der Waals surface area contributed by atoms with Crippen molar-refractivity contribution in [3.63, 3.8) is 0 Å². The fourth-order valence-electron chi connectivity index (χ4n) is 5.43. The van der Waals surface area contributed by atoms with Crippen molar-refractivity contribution >= 4 is 33.9 Å². The minimum Gasteiger partial charge on any atom is -0.497 e. The van der Waals surface area contributed by atoms with Crippen molar-refractivity contribution in [2.24, 2.45) is 5.92 Å². The van der Waals surface area contributed by atoms with Crippen LogP contribution in [0.4, 0.5) is 5.13 Å². The van der Waals surface area contributed by atoms with Gasteiger partial charge in [0.15, 0.2) is 5.78 Å². The van der Waals surface area contributed by atoms with Gasteiger partial charge in [-0.05, 0) is 53.6 Å². The predicted octanol–water partition coefficient (Wildman–Crippen LogP) is 6.05. The van der Waals surface area contributed by atoms with Gasteiger partial charge in [-0.3, -0.25) is 19.3 Å². The maximum atomic E-state index is 13.8. The van der Waals surface area contributed by atoms with Gasteiger partial charge < -0.3 is 4.74 Å². The number of hydrogen-bond donors (Lipinski definition) is 0. The molecule has 1 amide bonds. The molecule has 2 aliphatic rings. The van der Waals surface area contributed by atoms with Gasteiger partial charge >= 0.3 is 0 Å². The average Bonchev–Trinajstić information content (AvgIpc) is 3.51. The Kier molecular flexibility index (Phi) is 7.18. The number of nitrogens with zero attached hydrogens (tertiary/aromatic N) is 3. The Hall–Kier alpha value is -3.39. The summed E-state index contributed by atoms with van der Waals surface area (Å²) in [5, 5.41) is 10.1. The third-order valence-electron chi connectivity index (χ3n) is 7.67. The van der Waals surface area contributed by atoms with E-state index in [4.69, 9.17) is 4.74 Å². The first-order valence-electron chi connectivity index (χ1n) is 13.2. The molecule has 38 heavy (non-hydrogen) atoms. The van der Waals surface area contributed by atoms with Gasteiger partial charge in [-0.15, -0.1) is 10.2 Å². The van der Waals surface area contributed by atoms with E-state index in [0.717, 1.165) is 41.8 Å². The highest BCUT2D eigenvalue weighted by atomic mass is 32.1. The summed E-state index contributed by atoms with van der Waals surface area (Å²) in [6, 6.07) is 13.7. The monoisotopic (exact) mass is 531 g/mol. The molecule has 3 aromatic rings. The highest BCUT2D eigenvalue weighted by Crippen LogP contribution is 2.44. The van der Waals surface area contributed by atoms with Gasteiger partial charge in [0, 0.05) is 11.5 Å². The molecule has 0 N–H and O–H groups in total. The number of aromatic nitrogens is 2. The van der Waals surface area contributed by atoms with Crippen molar-refractivity contribution in [3.05, 3.63) is 70.2 Å². The smallest absolute Gasteiger partial charge is 0.297 e. The van der Waals surface area contributed by atoms with Crippen LogP contribution in [0.3, 0.4) is 0 Å². The Balaban J connectivity index is 1.56. The molecule has 2 fully saturated rings. The Morgan fingerprint density at radius 1 is 0.947 bits per heavy atom.